The minimum absolute atomic E-state index is 0.342. The number of halogens is 1. The summed E-state index contributed by atoms with van der Waals surface area (Å²) in [6.07, 6.45) is 0. The standard InChI is InChI=1S/C19H17ClN2O5/c1-12(13-6-2-3-7-14(13)20)21-17(23)11-26-18(24)10-22-15-8-4-5-9-16(15)27-19(22)25/h2-9,12H,10-11H2,1H3,(H,21,23)/t12-/m0/s1. The van der Waals surface area contributed by atoms with Crippen LogP contribution in [-0.4, -0.2) is 23.1 Å². The Bertz CT molecular complexity index is 1040. The van der Waals surface area contributed by atoms with Gasteiger partial charge in [0.15, 0.2) is 12.2 Å². The molecule has 0 unspecified atom stereocenters. The van der Waals surface area contributed by atoms with Gasteiger partial charge in [0.1, 0.15) is 6.54 Å². The van der Waals surface area contributed by atoms with E-state index in [0.717, 1.165) is 10.1 Å². The second kappa shape index (κ2) is 8.09. The molecule has 1 aromatic heterocycles. The number of amides is 1. The molecule has 0 spiro atoms. The van der Waals surface area contributed by atoms with Crippen LogP contribution in [0.25, 0.3) is 11.1 Å². The number of hydrogen-bond donors (Lipinski definition) is 1. The first kappa shape index (κ1) is 18.7. The number of nitrogens with zero attached hydrogens (tertiary/aromatic N) is 1. The Morgan fingerprint density at radius 2 is 1.89 bits per heavy atom. The van der Waals surface area contributed by atoms with Crippen LogP contribution in [-0.2, 0) is 20.9 Å². The summed E-state index contributed by atoms with van der Waals surface area (Å²) in [4.78, 5) is 35.8. The first-order chi connectivity index (χ1) is 13.0. The molecule has 0 saturated heterocycles. The highest BCUT2D eigenvalue weighted by atomic mass is 35.5. The van der Waals surface area contributed by atoms with E-state index in [4.69, 9.17) is 20.8 Å². The summed E-state index contributed by atoms with van der Waals surface area (Å²) in [5, 5.41) is 3.24. The van der Waals surface area contributed by atoms with Gasteiger partial charge in [0.2, 0.25) is 0 Å². The van der Waals surface area contributed by atoms with Gasteiger partial charge in [-0.1, -0.05) is 41.9 Å². The Morgan fingerprint density at radius 3 is 2.67 bits per heavy atom. The molecule has 27 heavy (non-hydrogen) atoms. The third kappa shape index (κ3) is 4.38. The molecule has 1 amide bonds. The zero-order chi connectivity index (χ0) is 19.4. The molecule has 0 aliphatic heterocycles. The zero-order valence-electron chi connectivity index (χ0n) is 14.5. The minimum Gasteiger partial charge on any atom is -0.454 e. The molecule has 0 saturated carbocycles. The van der Waals surface area contributed by atoms with Crippen LogP contribution in [0, 0.1) is 0 Å². The maximum atomic E-state index is 12.0. The van der Waals surface area contributed by atoms with E-state index in [0.29, 0.717) is 16.1 Å². The highest BCUT2D eigenvalue weighted by Crippen LogP contribution is 2.21. The van der Waals surface area contributed by atoms with Crippen LogP contribution in [0.4, 0.5) is 0 Å². The lowest BCUT2D eigenvalue weighted by Gasteiger charge is -2.15. The lowest BCUT2D eigenvalue weighted by molar-refractivity contribution is -0.149. The lowest BCUT2D eigenvalue weighted by Crippen LogP contribution is -2.32. The summed E-state index contributed by atoms with van der Waals surface area (Å²) in [6.45, 7) is 0.972. The largest absolute Gasteiger partial charge is 0.454 e. The second-order valence-electron chi connectivity index (χ2n) is 5.89. The van der Waals surface area contributed by atoms with Crippen molar-refractivity contribution >= 4 is 34.6 Å². The van der Waals surface area contributed by atoms with Gasteiger partial charge < -0.3 is 14.5 Å². The molecule has 8 heteroatoms. The van der Waals surface area contributed by atoms with Crippen molar-refractivity contribution in [2.24, 2.45) is 0 Å². The van der Waals surface area contributed by atoms with E-state index in [2.05, 4.69) is 5.32 Å². The molecule has 0 aliphatic carbocycles. The van der Waals surface area contributed by atoms with Crippen molar-refractivity contribution in [2.75, 3.05) is 6.61 Å². The van der Waals surface area contributed by atoms with E-state index < -0.39 is 24.2 Å². The van der Waals surface area contributed by atoms with Gasteiger partial charge in [0, 0.05) is 5.02 Å². The third-order valence-electron chi connectivity index (χ3n) is 3.97. The normalized spacial score (nSPS) is 11.9. The number of oxazole rings is 1. The SMILES string of the molecule is C[C@H](NC(=O)COC(=O)Cn1c(=O)oc2ccccc21)c1ccccc1Cl. The summed E-state index contributed by atoms with van der Waals surface area (Å²) in [5.41, 5.74) is 1.62. The third-order valence-corrected chi connectivity index (χ3v) is 4.32. The second-order valence-corrected chi connectivity index (χ2v) is 6.30. The van der Waals surface area contributed by atoms with Crippen LogP contribution in [0.2, 0.25) is 5.02 Å². The molecule has 0 fully saturated rings. The maximum absolute atomic E-state index is 12.0. The van der Waals surface area contributed by atoms with Crippen molar-refractivity contribution in [3.8, 4) is 0 Å². The van der Waals surface area contributed by atoms with Gasteiger partial charge in [0.25, 0.3) is 5.91 Å². The molecule has 3 aromatic rings. The molecule has 0 aliphatic rings. The smallest absolute Gasteiger partial charge is 0.420 e. The average molecular weight is 389 g/mol. The van der Waals surface area contributed by atoms with Crippen LogP contribution in [0.15, 0.2) is 57.7 Å². The quantitative estimate of drug-likeness (QED) is 0.655. The summed E-state index contributed by atoms with van der Waals surface area (Å²) < 4.78 is 11.2. The number of nitrogens with one attached hydrogen (secondary N) is 1. The molecule has 3 rings (SSSR count). The van der Waals surface area contributed by atoms with Gasteiger partial charge in [-0.3, -0.25) is 14.2 Å². The number of benzene rings is 2. The molecule has 7 nitrogen and oxygen atoms in total. The van der Waals surface area contributed by atoms with Crippen molar-refractivity contribution in [3.05, 3.63) is 69.7 Å². The minimum atomic E-state index is -0.718. The summed E-state index contributed by atoms with van der Waals surface area (Å²) in [7, 11) is 0. The number of para-hydroxylation sites is 2. The van der Waals surface area contributed by atoms with Gasteiger partial charge in [-0.25, -0.2) is 4.79 Å². The van der Waals surface area contributed by atoms with Gasteiger partial charge in [-0.15, -0.1) is 0 Å². The van der Waals surface area contributed by atoms with E-state index in [-0.39, 0.29) is 12.6 Å². The predicted molar refractivity (Wildman–Crippen MR) is 99.4 cm³/mol. The van der Waals surface area contributed by atoms with Gasteiger partial charge >= 0.3 is 11.7 Å². The molecule has 1 N–H and O–H groups in total. The number of aromatic nitrogens is 1. The first-order valence-electron chi connectivity index (χ1n) is 8.23. The maximum Gasteiger partial charge on any atom is 0.420 e. The van der Waals surface area contributed by atoms with Gasteiger partial charge in [-0.2, -0.15) is 0 Å². The van der Waals surface area contributed by atoms with Crippen molar-refractivity contribution in [2.45, 2.75) is 19.5 Å². The fraction of sp³-hybridized carbons (Fsp3) is 0.211. The summed E-state index contributed by atoms with van der Waals surface area (Å²) in [5.74, 6) is -1.85. The highest BCUT2D eigenvalue weighted by Gasteiger charge is 2.16. The summed E-state index contributed by atoms with van der Waals surface area (Å²) in [6, 6.07) is 13.5. The van der Waals surface area contributed by atoms with Crippen LogP contribution < -0.4 is 11.1 Å². The van der Waals surface area contributed by atoms with Crippen molar-refractivity contribution in [1.82, 2.24) is 9.88 Å². The predicted octanol–water partition coefficient (Wildman–Crippen LogP) is 2.67. The van der Waals surface area contributed by atoms with Gasteiger partial charge in [0.05, 0.1) is 11.6 Å². The fourth-order valence-electron chi connectivity index (χ4n) is 2.67. The van der Waals surface area contributed by atoms with Gasteiger partial charge in [-0.05, 0) is 30.7 Å². The van der Waals surface area contributed by atoms with Crippen LogP contribution in [0.1, 0.15) is 18.5 Å². The number of carbonyl (C=O) groups excluding carboxylic acids is 2. The number of ether oxygens (including phenoxy) is 1. The number of esters is 1. The molecular weight excluding hydrogens is 372 g/mol. The van der Waals surface area contributed by atoms with E-state index in [9.17, 15) is 14.4 Å². The van der Waals surface area contributed by atoms with Crippen molar-refractivity contribution in [3.63, 3.8) is 0 Å². The monoisotopic (exact) mass is 388 g/mol. The summed E-state index contributed by atoms with van der Waals surface area (Å²) >= 11 is 6.09. The van der Waals surface area contributed by atoms with Crippen LogP contribution >= 0.6 is 11.6 Å². The first-order valence-corrected chi connectivity index (χ1v) is 8.61. The number of hydrogen-bond acceptors (Lipinski definition) is 5. The Morgan fingerprint density at radius 1 is 1.19 bits per heavy atom. The van der Waals surface area contributed by atoms with E-state index in [1.54, 1.807) is 49.4 Å². The lowest BCUT2D eigenvalue weighted by atomic mass is 10.1. The molecule has 0 radical (unpaired) electrons. The molecule has 140 valence electrons. The zero-order valence-corrected chi connectivity index (χ0v) is 15.2. The van der Waals surface area contributed by atoms with Crippen molar-refractivity contribution in [1.29, 1.82) is 0 Å². The van der Waals surface area contributed by atoms with E-state index in [1.807, 2.05) is 6.07 Å². The molecular formula is C19H17ClN2O5. The fourth-order valence-corrected chi connectivity index (χ4v) is 2.97. The van der Waals surface area contributed by atoms with Crippen molar-refractivity contribution < 1.29 is 18.7 Å². The van der Waals surface area contributed by atoms with Crippen LogP contribution in [0.5, 0.6) is 0 Å². The molecule has 1 heterocycles. The number of rotatable bonds is 6. The Balaban J connectivity index is 1.56. The Kier molecular flexibility index (Phi) is 5.61. The number of fused-ring (bicyclic) bond motifs is 1. The van der Waals surface area contributed by atoms with E-state index in [1.165, 1.54) is 0 Å². The van der Waals surface area contributed by atoms with E-state index >= 15 is 0 Å². The topological polar surface area (TPSA) is 90.5 Å². The molecule has 0 bridgehead atoms. The molecule has 2 aromatic carbocycles. The highest BCUT2D eigenvalue weighted by molar-refractivity contribution is 6.31. The molecule has 1 atom stereocenters. The van der Waals surface area contributed by atoms with Crippen LogP contribution in [0.3, 0.4) is 0 Å². The average Bonchev–Trinajstić information content (AvgIpc) is 2.96. The Hall–Kier alpha value is -3.06. The Labute approximate surface area is 159 Å². The number of carbonyl (C=O) groups is 2.